The Morgan fingerprint density at radius 1 is 1.42 bits per heavy atom. The number of hydrogen-bond donors (Lipinski definition) is 2. The second-order valence-electron chi connectivity index (χ2n) is 2.92. The van der Waals surface area contributed by atoms with Crippen LogP contribution in [-0.2, 0) is 4.57 Å². The Morgan fingerprint density at radius 2 is 1.83 bits per heavy atom. The van der Waals surface area contributed by atoms with Gasteiger partial charge in [0.2, 0.25) is 0 Å². The summed E-state index contributed by atoms with van der Waals surface area (Å²) in [5.74, 6) is 0. The summed E-state index contributed by atoms with van der Waals surface area (Å²) in [6.07, 6.45) is 0.625. The second kappa shape index (κ2) is 4.04. The average Bonchev–Trinajstić information content (AvgIpc) is 1.99. The van der Waals surface area contributed by atoms with Crippen molar-refractivity contribution in [3.05, 3.63) is 0 Å². The molecular formula is C7H14NO3P. The van der Waals surface area contributed by atoms with Gasteiger partial charge in [0.15, 0.2) is 0 Å². The van der Waals surface area contributed by atoms with E-state index in [0.717, 1.165) is 0 Å². The summed E-state index contributed by atoms with van der Waals surface area (Å²) >= 11 is 0. The minimum atomic E-state index is -4.06. The molecule has 0 bridgehead atoms. The minimum Gasteiger partial charge on any atom is -0.324 e. The highest BCUT2D eigenvalue weighted by atomic mass is 31.2. The minimum absolute atomic E-state index is 0.330. The lowest BCUT2D eigenvalue weighted by atomic mass is 9.86. The quantitative estimate of drug-likeness (QED) is 0.659. The Bertz CT molecular complexity index is 223. The van der Waals surface area contributed by atoms with Crippen molar-refractivity contribution < 1.29 is 14.4 Å². The van der Waals surface area contributed by atoms with Gasteiger partial charge in [-0.1, -0.05) is 13.8 Å². The van der Waals surface area contributed by atoms with Gasteiger partial charge >= 0.3 is 7.60 Å². The molecule has 2 N–H and O–H groups in total. The van der Waals surface area contributed by atoms with Crippen molar-refractivity contribution in [3.63, 3.8) is 0 Å². The van der Waals surface area contributed by atoms with Crippen LogP contribution >= 0.6 is 7.60 Å². The van der Waals surface area contributed by atoms with E-state index in [-0.39, 0.29) is 6.16 Å². The molecule has 0 aromatic carbocycles. The summed E-state index contributed by atoms with van der Waals surface area (Å²) in [6, 6.07) is 1.98. The van der Waals surface area contributed by atoms with Gasteiger partial charge in [0, 0.05) is 0 Å². The highest BCUT2D eigenvalue weighted by Crippen LogP contribution is 2.44. The molecule has 0 rings (SSSR count). The third-order valence-electron chi connectivity index (χ3n) is 2.10. The Balaban J connectivity index is 4.56. The Kier molecular flexibility index (Phi) is 3.92. The Hall–Kier alpha value is -0.360. The third kappa shape index (κ3) is 3.36. The SMILES string of the molecule is CCC(C#N)(CC)CP(=O)(O)O. The van der Waals surface area contributed by atoms with Crippen LogP contribution in [0.15, 0.2) is 0 Å². The first kappa shape index (κ1) is 11.6. The zero-order chi connectivity index (χ0) is 9.83. The summed E-state index contributed by atoms with van der Waals surface area (Å²) in [6.45, 7) is 3.53. The fraction of sp³-hybridized carbons (Fsp3) is 0.857. The van der Waals surface area contributed by atoms with Gasteiger partial charge in [0.1, 0.15) is 0 Å². The van der Waals surface area contributed by atoms with Gasteiger partial charge in [-0.3, -0.25) is 4.57 Å². The van der Waals surface area contributed by atoms with E-state index in [2.05, 4.69) is 0 Å². The van der Waals surface area contributed by atoms with Crippen molar-refractivity contribution in [1.82, 2.24) is 0 Å². The van der Waals surface area contributed by atoms with E-state index in [1.54, 1.807) is 13.8 Å². The number of rotatable bonds is 4. The fourth-order valence-electron chi connectivity index (χ4n) is 1.06. The van der Waals surface area contributed by atoms with Gasteiger partial charge in [0.05, 0.1) is 17.6 Å². The lowest BCUT2D eigenvalue weighted by Gasteiger charge is -2.23. The largest absolute Gasteiger partial charge is 0.327 e. The molecule has 0 aromatic rings. The van der Waals surface area contributed by atoms with Crippen molar-refractivity contribution in [1.29, 1.82) is 5.26 Å². The molecule has 70 valence electrons. The zero-order valence-electron chi connectivity index (χ0n) is 7.32. The molecule has 0 heterocycles. The molecule has 0 aliphatic heterocycles. The summed E-state index contributed by atoms with van der Waals surface area (Å²) in [5.41, 5.74) is -0.848. The van der Waals surface area contributed by atoms with Gasteiger partial charge in [0.25, 0.3) is 0 Å². The van der Waals surface area contributed by atoms with Crippen molar-refractivity contribution >= 4 is 7.60 Å². The molecule has 0 unspecified atom stereocenters. The van der Waals surface area contributed by atoms with Crippen LogP contribution in [0.3, 0.4) is 0 Å². The van der Waals surface area contributed by atoms with Gasteiger partial charge in [-0.05, 0) is 12.8 Å². The van der Waals surface area contributed by atoms with E-state index in [9.17, 15) is 4.57 Å². The Labute approximate surface area is 72.4 Å². The summed E-state index contributed by atoms with van der Waals surface area (Å²) in [7, 11) is -4.06. The van der Waals surface area contributed by atoms with Crippen LogP contribution in [0.2, 0.25) is 0 Å². The molecule has 12 heavy (non-hydrogen) atoms. The molecule has 0 spiro atoms. The van der Waals surface area contributed by atoms with E-state index in [1.807, 2.05) is 6.07 Å². The molecule has 0 fully saturated rings. The molecule has 0 saturated carbocycles. The molecule has 4 nitrogen and oxygen atoms in total. The second-order valence-corrected chi connectivity index (χ2v) is 4.57. The lowest BCUT2D eigenvalue weighted by molar-refractivity contribution is 0.330. The van der Waals surface area contributed by atoms with Crippen LogP contribution in [0.25, 0.3) is 0 Å². The van der Waals surface area contributed by atoms with Crippen molar-refractivity contribution in [2.45, 2.75) is 26.7 Å². The van der Waals surface area contributed by atoms with Gasteiger partial charge in [-0.15, -0.1) is 0 Å². The van der Waals surface area contributed by atoms with Crippen LogP contribution in [0, 0.1) is 16.7 Å². The van der Waals surface area contributed by atoms with Crippen molar-refractivity contribution in [2.24, 2.45) is 5.41 Å². The summed E-state index contributed by atoms with van der Waals surface area (Å²) in [5, 5.41) is 8.75. The number of hydrogen-bond acceptors (Lipinski definition) is 2. The first-order valence-electron chi connectivity index (χ1n) is 3.85. The molecule has 0 amide bonds. The van der Waals surface area contributed by atoms with E-state index in [4.69, 9.17) is 15.0 Å². The highest BCUT2D eigenvalue weighted by Gasteiger charge is 2.33. The molecule has 0 aromatic heterocycles. The van der Waals surface area contributed by atoms with Crippen LogP contribution < -0.4 is 0 Å². The molecular weight excluding hydrogens is 177 g/mol. The molecule has 0 aliphatic rings. The topological polar surface area (TPSA) is 81.3 Å². The van der Waals surface area contributed by atoms with Crippen LogP contribution in [-0.4, -0.2) is 15.9 Å². The maximum absolute atomic E-state index is 10.7. The van der Waals surface area contributed by atoms with Gasteiger partial charge in [-0.25, -0.2) is 0 Å². The molecule has 0 radical (unpaired) electrons. The van der Waals surface area contributed by atoms with Gasteiger partial charge < -0.3 is 9.79 Å². The van der Waals surface area contributed by atoms with Crippen molar-refractivity contribution in [2.75, 3.05) is 6.16 Å². The van der Waals surface area contributed by atoms with E-state index in [0.29, 0.717) is 12.8 Å². The smallest absolute Gasteiger partial charge is 0.324 e. The summed E-state index contributed by atoms with van der Waals surface area (Å²) < 4.78 is 10.7. The average molecular weight is 191 g/mol. The predicted molar refractivity (Wildman–Crippen MR) is 45.5 cm³/mol. The van der Waals surface area contributed by atoms with Crippen LogP contribution in [0.5, 0.6) is 0 Å². The molecule has 0 saturated heterocycles. The van der Waals surface area contributed by atoms with E-state index >= 15 is 0 Å². The van der Waals surface area contributed by atoms with Gasteiger partial charge in [-0.2, -0.15) is 5.26 Å². The molecule has 5 heteroatoms. The normalized spacial score (nSPS) is 12.6. The standard InChI is InChI=1S/C7H14NO3P/c1-3-7(4-2,5-8)6-12(9,10)11/h3-4,6H2,1-2H3,(H2,9,10,11). The lowest BCUT2D eigenvalue weighted by Crippen LogP contribution is -2.21. The predicted octanol–water partition coefficient (Wildman–Crippen LogP) is 1.49. The Morgan fingerprint density at radius 3 is 1.92 bits per heavy atom. The van der Waals surface area contributed by atoms with Crippen LogP contribution in [0.4, 0.5) is 0 Å². The monoisotopic (exact) mass is 191 g/mol. The fourth-order valence-corrected chi connectivity index (χ4v) is 2.37. The van der Waals surface area contributed by atoms with Crippen molar-refractivity contribution in [3.8, 4) is 6.07 Å². The van der Waals surface area contributed by atoms with Crippen LogP contribution in [0.1, 0.15) is 26.7 Å². The third-order valence-corrected chi connectivity index (χ3v) is 3.12. The first-order valence-corrected chi connectivity index (χ1v) is 5.64. The number of nitrogens with zero attached hydrogens (tertiary/aromatic N) is 1. The zero-order valence-corrected chi connectivity index (χ0v) is 8.21. The van der Waals surface area contributed by atoms with E-state index in [1.165, 1.54) is 0 Å². The summed E-state index contributed by atoms with van der Waals surface area (Å²) in [4.78, 5) is 17.4. The molecule has 0 atom stereocenters. The maximum atomic E-state index is 10.7. The maximum Gasteiger partial charge on any atom is 0.327 e. The first-order chi connectivity index (χ1) is 5.39. The van der Waals surface area contributed by atoms with E-state index < -0.39 is 13.0 Å². The molecule has 0 aliphatic carbocycles. The number of nitriles is 1. The highest BCUT2D eigenvalue weighted by molar-refractivity contribution is 7.51.